The summed E-state index contributed by atoms with van der Waals surface area (Å²) in [6, 6.07) is 6.46. The Morgan fingerprint density at radius 3 is 1.80 bits per heavy atom. The minimum Gasteiger partial charge on any atom is -0.367 e. The largest absolute Gasteiger partial charge is 0.367 e. The van der Waals surface area contributed by atoms with Crippen LogP contribution in [0.1, 0.15) is 20.7 Å². The summed E-state index contributed by atoms with van der Waals surface area (Å²) in [5.41, 5.74) is 5.65. The van der Waals surface area contributed by atoms with Gasteiger partial charge in [-0.1, -0.05) is 47.5 Å². The molecule has 0 amide bonds. The number of fused-ring (bicyclic) bond motifs is 1. The second-order valence-corrected chi connectivity index (χ2v) is 4.45. The smallest absolute Gasteiger partial charge is 0.239 e. The van der Waals surface area contributed by atoms with Gasteiger partial charge in [0.2, 0.25) is 17.5 Å². The van der Waals surface area contributed by atoms with Gasteiger partial charge in [0.05, 0.1) is 0 Å². The molecule has 0 saturated heterocycles. The van der Waals surface area contributed by atoms with E-state index >= 15 is 0 Å². The number of nitrogen functional groups attached to an aromatic ring is 1. The number of benzene rings is 1. The van der Waals surface area contributed by atoms with E-state index in [1.807, 2.05) is 0 Å². The third-order valence-corrected chi connectivity index (χ3v) is 3.26. The van der Waals surface area contributed by atoms with Crippen molar-refractivity contribution in [3.05, 3.63) is 51.8 Å². The van der Waals surface area contributed by atoms with Crippen molar-refractivity contribution < 1.29 is 9.59 Å². The standard InChI is InChI=1S/C10H4Cl2O2.C2H4N4/c11-7-8(12)10(14)6-4-2-1-3-5(6)9(7)13;3-2-4-1-5-6-2/h1-4H;1H,(H3,3,4,5,6). The topological polar surface area (TPSA) is 102 Å². The van der Waals surface area contributed by atoms with Crippen molar-refractivity contribution in [3.8, 4) is 0 Å². The Morgan fingerprint density at radius 2 is 1.50 bits per heavy atom. The van der Waals surface area contributed by atoms with Crippen molar-refractivity contribution >= 4 is 40.7 Å². The molecule has 0 spiro atoms. The number of Topliss-reactive ketones (excluding diaryl/α,β-unsaturated/α-hetero) is 2. The van der Waals surface area contributed by atoms with Crippen LogP contribution in [0.25, 0.3) is 0 Å². The molecule has 1 heterocycles. The van der Waals surface area contributed by atoms with Crippen LogP contribution in [0.3, 0.4) is 0 Å². The second-order valence-electron chi connectivity index (χ2n) is 3.69. The van der Waals surface area contributed by atoms with Gasteiger partial charge in [0.15, 0.2) is 0 Å². The zero-order chi connectivity index (χ0) is 14.7. The van der Waals surface area contributed by atoms with Crippen molar-refractivity contribution in [3.63, 3.8) is 0 Å². The average molecular weight is 311 g/mol. The number of nitrogens with two attached hydrogens (primary N) is 1. The molecule has 6 nitrogen and oxygen atoms in total. The van der Waals surface area contributed by atoms with Gasteiger partial charge in [-0.05, 0) is 0 Å². The normalized spacial score (nSPS) is 13.7. The number of halogens is 2. The Balaban J connectivity index is 0.000000205. The van der Waals surface area contributed by atoms with E-state index in [1.54, 1.807) is 24.3 Å². The van der Waals surface area contributed by atoms with Gasteiger partial charge in [0, 0.05) is 11.1 Å². The molecular formula is C12H8Cl2N4O2. The summed E-state index contributed by atoms with van der Waals surface area (Å²) in [6.07, 6.45) is 1.43. The highest BCUT2D eigenvalue weighted by molar-refractivity contribution is 6.59. The molecule has 1 aromatic carbocycles. The number of nitrogens with one attached hydrogen (secondary N) is 1. The number of nitrogens with zero attached hydrogens (tertiary/aromatic N) is 2. The molecule has 0 unspecified atom stereocenters. The van der Waals surface area contributed by atoms with Crippen molar-refractivity contribution in [1.82, 2.24) is 15.2 Å². The molecule has 0 aliphatic heterocycles. The van der Waals surface area contributed by atoms with E-state index in [2.05, 4.69) is 15.2 Å². The molecule has 2 aromatic rings. The lowest BCUT2D eigenvalue weighted by molar-refractivity contribution is 0.0987. The molecule has 1 aliphatic carbocycles. The van der Waals surface area contributed by atoms with Crippen molar-refractivity contribution in [2.24, 2.45) is 0 Å². The van der Waals surface area contributed by atoms with Crippen LogP contribution in [0.2, 0.25) is 0 Å². The third kappa shape index (κ3) is 2.71. The van der Waals surface area contributed by atoms with E-state index in [4.69, 9.17) is 28.9 Å². The molecule has 0 saturated carbocycles. The fraction of sp³-hybridized carbons (Fsp3) is 0. The van der Waals surface area contributed by atoms with Crippen LogP contribution in [-0.2, 0) is 0 Å². The monoisotopic (exact) mass is 310 g/mol. The highest BCUT2D eigenvalue weighted by atomic mass is 35.5. The molecule has 0 radical (unpaired) electrons. The molecule has 0 atom stereocenters. The Labute approximate surface area is 123 Å². The number of ketones is 2. The Bertz CT molecular complexity index is 652. The van der Waals surface area contributed by atoms with Crippen LogP contribution < -0.4 is 5.73 Å². The van der Waals surface area contributed by atoms with Gasteiger partial charge in [0.1, 0.15) is 16.4 Å². The molecule has 1 aliphatic rings. The molecule has 1 aromatic heterocycles. The van der Waals surface area contributed by atoms with Crippen LogP contribution in [0.5, 0.6) is 0 Å². The van der Waals surface area contributed by atoms with E-state index in [9.17, 15) is 9.59 Å². The summed E-state index contributed by atoms with van der Waals surface area (Å²) in [5, 5.41) is 5.50. The van der Waals surface area contributed by atoms with Gasteiger partial charge in [-0.3, -0.25) is 14.7 Å². The fourth-order valence-corrected chi connectivity index (χ4v) is 1.91. The van der Waals surface area contributed by atoms with Gasteiger partial charge >= 0.3 is 0 Å². The fourth-order valence-electron chi connectivity index (χ4n) is 1.53. The van der Waals surface area contributed by atoms with Gasteiger partial charge in [-0.15, -0.1) is 5.10 Å². The van der Waals surface area contributed by atoms with E-state index in [0.29, 0.717) is 11.1 Å². The maximum absolute atomic E-state index is 11.5. The van der Waals surface area contributed by atoms with Crippen LogP contribution in [0.15, 0.2) is 40.7 Å². The Hall–Kier alpha value is -2.18. The second kappa shape index (κ2) is 5.85. The molecule has 20 heavy (non-hydrogen) atoms. The quantitative estimate of drug-likeness (QED) is 0.776. The minimum atomic E-state index is -0.396. The number of hydrogen-bond acceptors (Lipinski definition) is 5. The molecule has 3 N–H and O–H groups in total. The van der Waals surface area contributed by atoms with Gasteiger partial charge in [-0.25, -0.2) is 4.98 Å². The number of carbonyl (C=O) groups is 2. The third-order valence-electron chi connectivity index (χ3n) is 2.44. The van der Waals surface area contributed by atoms with Crippen molar-refractivity contribution in [2.75, 3.05) is 5.73 Å². The highest BCUT2D eigenvalue weighted by Crippen LogP contribution is 2.30. The number of rotatable bonds is 0. The predicted molar refractivity (Wildman–Crippen MR) is 74.6 cm³/mol. The lowest BCUT2D eigenvalue weighted by Gasteiger charge is -2.12. The minimum absolute atomic E-state index is 0.199. The number of allylic oxidation sites excluding steroid dienone is 2. The Kier molecular flexibility index (Phi) is 4.16. The first-order valence-corrected chi connectivity index (χ1v) is 6.13. The first-order chi connectivity index (χ1) is 9.52. The molecule has 0 bridgehead atoms. The zero-order valence-electron chi connectivity index (χ0n) is 9.93. The van der Waals surface area contributed by atoms with E-state index in [1.165, 1.54) is 6.33 Å². The summed E-state index contributed by atoms with van der Waals surface area (Å²) in [5.74, 6) is -0.506. The van der Waals surface area contributed by atoms with Crippen LogP contribution in [0.4, 0.5) is 5.95 Å². The zero-order valence-corrected chi connectivity index (χ0v) is 11.4. The lowest BCUT2D eigenvalue weighted by atomic mass is 9.95. The van der Waals surface area contributed by atoms with Crippen LogP contribution in [0, 0.1) is 0 Å². The predicted octanol–water partition coefficient (Wildman–Crippen LogP) is 2.14. The van der Waals surface area contributed by atoms with Gasteiger partial charge < -0.3 is 5.73 Å². The average Bonchev–Trinajstić information content (AvgIpc) is 2.94. The van der Waals surface area contributed by atoms with Crippen LogP contribution in [-0.4, -0.2) is 26.7 Å². The summed E-state index contributed by atoms with van der Waals surface area (Å²) < 4.78 is 0. The first-order valence-electron chi connectivity index (χ1n) is 5.37. The summed E-state index contributed by atoms with van der Waals surface area (Å²) in [4.78, 5) is 26.6. The van der Waals surface area contributed by atoms with Crippen molar-refractivity contribution in [1.29, 1.82) is 0 Å². The van der Waals surface area contributed by atoms with E-state index < -0.39 is 11.6 Å². The SMILES string of the molecule is Nc1nc[nH]n1.O=C1C(Cl)=C(Cl)C(=O)c2ccccc21. The van der Waals surface area contributed by atoms with Gasteiger partial charge in [-0.2, -0.15) is 0 Å². The Morgan fingerprint density at radius 1 is 1.00 bits per heavy atom. The number of aromatic amines is 1. The first kappa shape index (κ1) is 14.2. The maximum atomic E-state index is 11.5. The number of aromatic nitrogens is 3. The van der Waals surface area contributed by atoms with Crippen molar-refractivity contribution in [2.45, 2.75) is 0 Å². The number of anilines is 1. The maximum Gasteiger partial charge on any atom is 0.239 e. The molecule has 3 rings (SSSR count). The highest BCUT2D eigenvalue weighted by Gasteiger charge is 2.29. The lowest BCUT2D eigenvalue weighted by Crippen LogP contribution is -2.17. The van der Waals surface area contributed by atoms with Crippen LogP contribution >= 0.6 is 23.2 Å². The number of hydrogen-bond donors (Lipinski definition) is 2. The molecule has 8 heteroatoms. The molecule has 102 valence electrons. The molecular weight excluding hydrogens is 303 g/mol. The van der Waals surface area contributed by atoms with E-state index in [0.717, 1.165) is 0 Å². The van der Waals surface area contributed by atoms with E-state index in [-0.39, 0.29) is 16.0 Å². The summed E-state index contributed by atoms with van der Waals surface area (Å²) in [7, 11) is 0. The molecule has 0 fully saturated rings. The van der Waals surface area contributed by atoms with Gasteiger partial charge in [0.25, 0.3) is 0 Å². The number of H-pyrrole nitrogens is 1. The summed E-state index contributed by atoms with van der Waals surface area (Å²) in [6.45, 7) is 0. The summed E-state index contributed by atoms with van der Waals surface area (Å²) >= 11 is 11.2. The number of carbonyl (C=O) groups excluding carboxylic acids is 2.